The van der Waals surface area contributed by atoms with Crippen molar-refractivity contribution in [1.29, 1.82) is 0 Å². The molecule has 1 heterocycles. The van der Waals surface area contributed by atoms with Crippen LogP contribution in [0.15, 0.2) is 30.3 Å². The molecule has 6 heteroatoms. The summed E-state index contributed by atoms with van der Waals surface area (Å²) in [7, 11) is 1.64. The number of anilines is 1. The molecule has 0 saturated carbocycles. The molecule has 0 saturated heterocycles. The van der Waals surface area contributed by atoms with Gasteiger partial charge in [0.25, 0.3) is 0 Å². The Morgan fingerprint density at radius 3 is 2.55 bits per heavy atom. The zero-order valence-corrected chi connectivity index (χ0v) is 11.6. The number of nitrogens with two attached hydrogens (primary N) is 1. The molecule has 2 aromatic rings. The summed E-state index contributed by atoms with van der Waals surface area (Å²) in [6.45, 7) is 2.71. The molecule has 0 bridgehead atoms. The van der Waals surface area contributed by atoms with Crippen LogP contribution in [-0.2, 0) is 18.0 Å². The maximum atomic E-state index is 5.60. The van der Waals surface area contributed by atoms with Crippen LogP contribution in [0.3, 0.4) is 0 Å². The van der Waals surface area contributed by atoms with Crippen molar-refractivity contribution >= 4 is 5.82 Å². The molecule has 0 radical (unpaired) electrons. The molecule has 0 atom stereocenters. The Morgan fingerprint density at radius 2 is 1.90 bits per heavy atom. The molecule has 0 aliphatic rings. The van der Waals surface area contributed by atoms with Gasteiger partial charge in [0.15, 0.2) is 5.82 Å². The predicted octanol–water partition coefficient (Wildman–Crippen LogP) is 1.80. The maximum absolute atomic E-state index is 5.60. The number of nitrogens with zero attached hydrogens (tertiary/aromatic N) is 2. The number of benzene rings is 1. The van der Waals surface area contributed by atoms with E-state index in [1.165, 1.54) is 0 Å². The van der Waals surface area contributed by atoms with Crippen LogP contribution in [0.4, 0.5) is 5.82 Å². The van der Waals surface area contributed by atoms with Gasteiger partial charge in [-0.1, -0.05) is 12.1 Å². The van der Waals surface area contributed by atoms with E-state index in [1.54, 1.807) is 13.2 Å². The van der Waals surface area contributed by atoms with E-state index in [2.05, 4.69) is 15.4 Å². The molecule has 6 nitrogen and oxygen atoms in total. The van der Waals surface area contributed by atoms with E-state index in [0.29, 0.717) is 24.9 Å². The van der Waals surface area contributed by atoms with E-state index in [9.17, 15) is 0 Å². The number of rotatable bonds is 6. The van der Waals surface area contributed by atoms with E-state index in [4.69, 9.17) is 15.3 Å². The minimum atomic E-state index is 0.336. The van der Waals surface area contributed by atoms with E-state index in [1.807, 2.05) is 31.2 Å². The van der Waals surface area contributed by atoms with Crippen molar-refractivity contribution in [3.63, 3.8) is 0 Å². The predicted molar refractivity (Wildman–Crippen MR) is 76.1 cm³/mol. The van der Waals surface area contributed by atoms with Crippen molar-refractivity contribution < 1.29 is 9.47 Å². The fourth-order valence-corrected chi connectivity index (χ4v) is 1.75. The van der Waals surface area contributed by atoms with Gasteiger partial charge in [0.05, 0.1) is 13.7 Å². The third-order valence-electron chi connectivity index (χ3n) is 2.71. The molecular formula is C14H18N4O2. The highest BCUT2D eigenvalue weighted by atomic mass is 16.5. The van der Waals surface area contributed by atoms with Crippen molar-refractivity contribution in [2.75, 3.05) is 12.5 Å². The smallest absolute Gasteiger partial charge is 0.156 e. The third-order valence-corrected chi connectivity index (χ3v) is 2.71. The van der Waals surface area contributed by atoms with Gasteiger partial charge in [-0.15, -0.1) is 0 Å². The first kappa shape index (κ1) is 14.2. The lowest BCUT2D eigenvalue weighted by atomic mass is 10.2. The highest BCUT2D eigenvalue weighted by Crippen LogP contribution is 2.12. The van der Waals surface area contributed by atoms with Crippen molar-refractivity contribution in [3.05, 3.63) is 47.4 Å². The van der Waals surface area contributed by atoms with Crippen molar-refractivity contribution in [3.8, 4) is 5.75 Å². The lowest BCUT2D eigenvalue weighted by Gasteiger charge is -2.07. The zero-order chi connectivity index (χ0) is 14.4. The van der Waals surface area contributed by atoms with Gasteiger partial charge < -0.3 is 14.9 Å². The number of ether oxygens (including phenoxy) is 2. The highest BCUT2D eigenvalue weighted by Gasteiger charge is 2.02. The average Bonchev–Trinajstić information content (AvgIpc) is 2.47. The van der Waals surface area contributed by atoms with Crippen LogP contribution < -0.4 is 16.0 Å². The van der Waals surface area contributed by atoms with Crippen LogP contribution in [-0.4, -0.2) is 17.1 Å². The topological polar surface area (TPSA) is 82.3 Å². The van der Waals surface area contributed by atoms with Crippen molar-refractivity contribution in [2.45, 2.75) is 20.1 Å². The van der Waals surface area contributed by atoms with E-state index in [-0.39, 0.29) is 0 Å². The van der Waals surface area contributed by atoms with E-state index in [0.717, 1.165) is 17.0 Å². The average molecular weight is 274 g/mol. The summed E-state index contributed by atoms with van der Waals surface area (Å²) in [5, 5.41) is 0. The molecule has 0 unspecified atom stereocenters. The number of aromatic nitrogens is 2. The Hall–Kier alpha value is -2.18. The number of hydrogen-bond donors (Lipinski definition) is 2. The molecule has 2 rings (SSSR count). The van der Waals surface area contributed by atoms with Crippen molar-refractivity contribution in [1.82, 2.24) is 9.97 Å². The summed E-state index contributed by atoms with van der Waals surface area (Å²) >= 11 is 0. The number of hydrazine groups is 1. The Bertz CT molecular complexity index is 558. The van der Waals surface area contributed by atoms with Gasteiger partial charge in [0.1, 0.15) is 18.2 Å². The molecule has 1 aromatic carbocycles. The summed E-state index contributed by atoms with van der Waals surface area (Å²) in [5.74, 6) is 7.36. The monoisotopic (exact) mass is 274 g/mol. The van der Waals surface area contributed by atoms with Gasteiger partial charge in [-0.2, -0.15) is 0 Å². The summed E-state index contributed by atoms with van der Waals surface area (Å²) < 4.78 is 10.7. The molecule has 0 aliphatic heterocycles. The van der Waals surface area contributed by atoms with Crippen LogP contribution in [0.1, 0.15) is 17.1 Å². The quantitative estimate of drug-likeness (QED) is 0.617. The summed E-state index contributed by atoms with van der Waals surface area (Å²) in [4.78, 5) is 8.51. The maximum Gasteiger partial charge on any atom is 0.156 e. The molecule has 106 valence electrons. The summed E-state index contributed by atoms with van der Waals surface area (Å²) in [6.07, 6.45) is 0. The minimum absolute atomic E-state index is 0.336. The van der Waals surface area contributed by atoms with Crippen LogP contribution in [0.5, 0.6) is 5.75 Å². The molecule has 0 fully saturated rings. The Kier molecular flexibility index (Phi) is 4.86. The molecule has 0 aliphatic carbocycles. The molecule has 0 spiro atoms. The normalized spacial score (nSPS) is 10.3. The number of aryl methyl sites for hydroxylation is 1. The van der Waals surface area contributed by atoms with E-state index < -0.39 is 0 Å². The van der Waals surface area contributed by atoms with Crippen molar-refractivity contribution in [2.24, 2.45) is 5.84 Å². The molecule has 20 heavy (non-hydrogen) atoms. The first-order chi connectivity index (χ1) is 9.71. The SMILES string of the molecule is COc1ccc(COCc2nc(C)cc(NN)n2)cc1. The Balaban J connectivity index is 1.90. The lowest BCUT2D eigenvalue weighted by Crippen LogP contribution is -2.11. The number of methoxy groups -OCH3 is 1. The Labute approximate surface area is 117 Å². The second kappa shape index (κ2) is 6.83. The third kappa shape index (κ3) is 3.91. The number of nitrogens with one attached hydrogen (secondary N) is 1. The van der Waals surface area contributed by atoms with E-state index >= 15 is 0 Å². The van der Waals surface area contributed by atoms with Gasteiger partial charge in [-0.3, -0.25) is 0 Å². The number of hydrogen-bond acceptors (Lipinski definition) is 6. The minimum Gasteiger partial charge on any atom is -0.497 e. The molecule has 3 N–H and O–H groups in total. The largest absolute Gasteiger partial charge is 0.497 e. The first-order valence-corrected chi connectivity index (χ1v) is 6.23. The van der Waals surface area contributed by atoms with Crippen LogP contribution in [0.2, 0.25) is 0 Å². The van der Waals surface area contributed by atoms with Crippen LogP contribution in [0.25, 0.3) is 0 Å². The van der Waals surface area contributed by atoms with Gasteiger partial charge in [-0.05, 0) is 24.6 Å². The van der Waals surface area contributed by atoms with Gasteiger partial charge in [0.2, 0.25) is 0 Å². The first-order valence-electron chi connectivity index (χ1n) is 6.23. The number of nitrogen functional groups attached to an aromatic ring is 1. The highest BCUT2D eigenvalue weighted by molar-refractivity contribution is 5.33. The second-order valence-corrected chi connectivity index (χ2v) is 4.30. The molecule has 1 aromatic heterocycles. The standard InChI is InChI=1S/C14H18N4O2/c1-10-7-13(18-15)17-14(16-10)9-20-8-11-3-5-12(19-2)6-4-11/h3-7H,8-9,15H2,1-2H3,(H,16,17,18). The molecular weight excluding hydrogens is 256 g/mol. The molecule has 0 amide bonds. The fourth-order valence-electron chi connectivity index (χ4n) is 1.75. The zero-order valence-electron chi connectivity index (χ0n) is 11.6. The van der Waals surface area contributed by atoms with Gasteiger partial charge >= 0.3 is 0 Å². The van der Waals surface area contributed by atoms with Gasteiger partial charge in [-0.25, -0.2) is 15.8 Å². The van der Waals surface area contributed by atoms with Crippen LogP contribution >= 0.6 is 0 Å². The summed E-state index contributed by atoms with van der Waals surface area (Å²) in [6, 6.07) is 9.50. The van der Waals surface area contributed by atoms with Gasteiger partial charge in [0, 0.05) is 11.8 Å². The van der Waals surface area contributed by atoms with Crippen LogP contribution in [0, 0.1) is 6.92 Å². The summed E-state index contributed by atoms with van der Waals surface area (Å²) in [5.41, 5.74) is 4.42. The lowest BCUT2D eigenvalue weighted by molar-refractivity contribution is 0.102. The Morgan fingerprint density at radius 1 is 1.15 bits per heavy atom. The fraction of sp³-hybridized carbons (Fsp3) is 0.286. The second-order valence-electron chi connectivity index (χ2n) is 4.30.